The Morgan fingerprint density at radius 3 is 2.02 bits per heavy atom. The number of ether oxygens (including phenoxy) is 4. The minimum atomic E-state index is -1.90. The van der Waals surface area contributed by atoms with Crippen LogP contribution in [0.5, 0.6) is 0 Å². The van der Waals surface area contributed by atoms with E-state index in [1.54, 1.807) is 70.2 Å². The zero-order valence-corrected chi connectivity index (χ0v) is 25.7. The van der Waals surface area contributed by atoms with Crippen LogP contribution in [0.4, 0.5) is 0 Å². The molecule has 0 bridgehead atoms. The standard InChI is InChI=1S/C33H40O10/c1-18-14-15-32(7,8)30(38)25(40-21(4)34)16-19(2)27(41-22(5)35)26-28(42-31(39)24-12-10-9-11-13-24)20(3)17-33(26,29(18)37)43-23(6)36/h9-15,18,20,25-28H,2,16-17H2,1,3-8H3/b15-14-/t18-,20+,25-,26-,27+,28+,33+/m0/s1. The summed E-state index contributed by atoms with van der Waals surface area (Å²) in [6.45, 7) is 14.2. The van der Waals surface area contributed by atoms with Gasteiger partial charge in [-0.05, 0) is 37.5 Å². The van der Waals surface area contributed by atoms with Gasteiger partial charge in [-0.25, -0.2) is 4.79 Å². The maximum absolute atomic E-state index is 14.4. The number of hydrogen-bond acceptors (Lipinski definition) is 10. The third kappa shape index (κ3) is 7.29. The van der Waals surface area contributed by atoms with Crippen molar-refractivity contribution < 1.29 is 47.7 Å². The van der Waals surface area contributed by atoms with Crippen molar-refractivity contribution >= 4 is 35.4 Å². The molecule has 0 aromatic heterocycles. The number of allylic oxidation sites excluding steroid dienone is 2. The van der Waals surface area contributed by atoms with Gasteiger partial charge >= 0.3 is 23.9 Å². The molecular formula is C33H40O10. The fraction of sp³-hybridized carbons (Fsp3) is 0.515. The monoisotopic (exact) mass is 596 g/mol. The molecule has 0 unspecified atom stereocenters. The first kappa shape index (κ1) is 33.4. The van der Waals surface area contributed by atoms with E-state index in [2.05, 4.69) is 6.58 Å². The molecule has 0 heterocycles. The van der Waals surface area contributed by atoms with Gasteiger partial charge in [0, 0.05) is 44.9 Å². The Kier molecular flexibility index (Phi) is 10.1. The summed E-state index contributed by atoms with van der Waals surface area (Å²) < 4.78 is 23.1. The molecule has 43 heavy (non-hydrogen) atoms. The summed E-state index contributed by atoms with van der Waals surface area (Å²) in [7, 11) is 0. The average Bonchev–Trinajstić information content (AvgIpc) is 3.18. The van der Waals surface area contributed by atoms with Crippen LogP contribution in [-0.4, -0.2) is 59.4 Å². The Balaban J connectivity index is 2.29. The predicted molar refractivity (Wildman–Crippen MR) is 154 cm³/mol. The molecule has 0 N–H and O–H groups in total. The van der Waals surface area contributed by atoms with Crippen LogP contribution >= 0.6 is 0 Å². The molecule has 232 valence electrons. The van der Waals surface area contributed by atoms with Gasteiger partial charge in [0.15, 0.2) is 23.3 Å². The van der Waals surface area contributed by atoms with Crippen LogP contribution in [0.15, 0.2) is 54.6 Å². The Labute approximate surface area is 251 Å². The van der Waals surface area contributed by atoms with Gasteiger partial charge in [-0.2, -0.15) is 0 Å². The van der Waals surface area contributed by atoms with Crippen LogP contribution < -0.4 is 0 Å². The molecule has 2 aliphatic rings. The lowest BCUT2D eigenvalue weighted by Crippen LogP contribution is -2.56. The first-order valence-electron chi connectivity index (χ1n) is 14.3. The van der Waals surface area contributed by atoms with Crippen molar-refractivity contribution in [2.75, 3.05) is 0 Å². The molecule has 0 saturated heterocycles. The summed E-state index contributed by atoms with van der Waals surface area (Å²) in [5, 5.41) is 0. The number of ketones is 2. The maximum atomic E-state index is 14.4. The number of benzene rings is 1. The third-order valence-corrected chi connectivity index (χ3v) is 7.99. The van der Waals surface area contributed by atoms with E-state index in [1.807, 2.05) is 0 Å². The van der Waals surface area contributed by atoms with Crippen molar-refractivity contribution in [2.45, 2.75) is 85.2 Å². The lowest BCUT2D eigenvalue weighted by Gasteiger charge is -2.41. The first-order valence-corrected chi connectivity index (χ1v) is 14.3. The van der Waals surface area contributed by atoms with Gasteiger partial charge in [-0.15, -0.1) is 0 Å². The smallest absolute Gasteiger partial charge is 0.338 e. The normalized spacial score (nSPS) is 31.5. The number of hydrogen-bond donors (Lipinski definition) is 0. The SMILES string of the molecule is C=C1C[C@H](OC(C)=O)C(=O)C(C)(C)/C=C\[C@H](C)C(=O)[C@@]2(OC(C)=O)C[C@@H](C)[C@@H](OC(=O)c3ccccc3)[C@@H]2[C@@H]1OC(C)=O. The Bertz CT molecular complexity index is 1330. The van der Waals surface area contributed by atoms with Gasteiger partial charge in [0.2, 0.25) is 0 Å². The minimum absolute atomic E-state index is 0.0399. The second-order valence-electron chi connectivity index (χ2n) is 12.0. The van der Waals surface area contributed by atoms with E-state index in [0.717, 1.165) is 13.8 Å². The highest BCUT2D eigenvalue weighted by Gasteiger charge is 2.65. The minimum Gasteiger partial charge on any atom is -0.458 e. The van der Waals surface area contributed by atoms with E-state index in [9.17, 15) is 28.8 Å². The zero-order chi connectivity index (χ0) is 32.3. The van der Waals surface area contributed by atoms with Crippen LogP contribution in [0.1, 0.15) is 71.7 Å². The second kappa shape index (κ2) is 13.1. The van der Waals surface area contributed by atoms with Crippen molar-refractivity contribution in [1.82, 2.24) is 0 Å². The van der Waals surface area contributed by atoms with Gasteiger partial charge in [0.05, 0.1) is 11.5 Å². The van der Waals surface area contributed by atoms with Crippen LogP contribution in [0, 0.1) is 23.2 Å². The first-order chi connectivity index (χ1) is 20.0. The lowest BCUT2D eigenvalue weighted by atomic mass is 9.73. The molecule has 10 heteroatoms. The highest BCUT2D eigenvalue weighted by atomic mass is 16.6. The summed E-state index contributed by atoms with van der Waals surface area (Å²) in [5.74, 6) is -6.55. The average molecular weight is 597 g/mol. The van der Waals surface area contributed by atoms with Crippen molar-refractivity contribution in [2.24, 2.45) is 23.2 Å². The number of fused-ring (bicyclic) bond motifs is 1. The predicted octanol–water partition coefficient (Wildman–Crippen LogP) is 4.35. The topological polar surface area (TPSA) is 139 Å². The molecule has 1 fully saturated rings. The van der Waals surface area contributed by atoms with Crippen LogP contribution in [-0.2, 0) is 42.9 Å². The molecule has 0 aliphatic heterocycles. The third-order valence-electron chi connectivity index (χ3n) is 7.99. The van der Waals surface area contributed by atoms with Crippen molar-refractivity contribution in [3.63, 3.8) is 0 Å². The van der Waals surface area contributed by atoms with E-state index in [1.165, 1.54) is 6.92 Å². The van der Waals surface area contributed by atoms with Crippen molar-refractivity contribution in [1.29, 1.82) is 0 Å². The van der Waals surface area contributed by atoms with E-state index in [-0.39, 0.29) is 24.0 Å². The Morgan fingerprint density at radius 1 is 0.860 bits per heavy atom. The van der Waals surface area contributed by atoms with Crippen LogP contribution in [0.2, 0.25) is 0 Å². The molecule has 0 radical (unpaired) electrons. The molecule has 1 aromatic rings. The fourth-order valence-electron chi connectivity index (χ4n) is 6.09. The van der Waals surface area contributed by atoms with E-state index in [4.69, 9.17) is 18.9 Å². The molecule has 1 aromatic carbocycles. The summed E-state index contributed by atoms with van der Waals surface area (Å²) in [6, 6.07) is 8.22. The van der Waals surface area contributed by atoms with E-state index in [0.29, 0.717) is 0 Å². The van der Waals surface area contributed by atoms with Crippen LogP contribution in [0.3, 0.4) is 0 Å². The molecule has 7 atom stereocenters. The quantitative estimate of drug-likeness (QED) is 0.274. The summed E-state index contributed by atoms with van der Waals surface area (Å²) in [4.78, 5) is 78.5. The van der Waals surface area contributed by atoms with Crippen LogP contribution in [0.25, 0.3) is 0 Å². The number of carbonyl (C=O) groups is 6. The number of carbonyl (C=O) groups excluding carboxylic acids is 6. The number of Topliss-reactive ketones (excluding diaryl/α,β-unsaturated/α-hetero) is 2. The molecular weight excluding hydrogens is 556 g/mol. The number of rotatable bonds is 5. The molecule has 1 saturated carbocycles. The highest BCUT2D eigenvalue weighted by molar-refractivity contribution is 5.95. The summed E-state index contributed by atoms with van der Waals surface area (Å²) >= 11 is 0. The Morgan fingerprint density at radius 2 is 1.47 bits per heavy atom. The molecule has 0 spiro atoms. The Hall–Kier alpha value is -4.08. The fourth-order valence-corrected chi connectivity index (χ4v) is 6.09. The van der Waals surface area contributed by atoms with Gasteiger partial charge < -0.3 is 18.9 Å². The summed E-state index contributed by atoms with van der Waals surface area (Å²) in [5.41, 5.74) is -2.70. The van der Waals surface area contributed by atoms with Crippen molar-refractivity contribution in [3.05, 3.63) is 60.2 Å². The largest absolute Gasteiger partial charge is 0.458 e. The van der Waals surface area contributed by atoms with Gasteiger partial charge in [-0.3, -0.25) is 24.0 Å². The van der Waals surface area contributed by atoms with Gasteiger partial charge in [0.1, 0.15) is 12.2 Å². The molecule has 2 aliphatic carbocycles. The van der Waals surface area contributed by atoms with Gasteiger partial charge in [-0.1, -0.05) is 50.8 Å². The zero-order valence-electron chi connectivity index (χ0n) is 25.7. The molecule has 0 amide bonds. The second-order valence-corrected chi connectivity index (χ2v) is 12.0. The summed E-state index contributed by atoms with van der Waals surface area (Å²) in [6.07, 6.45) is -0.970. The molecule has 3 rings (SSSR count). The van der Waals surface area contributed by atoms with E-state index < -0.39 is 82.5 Å². The highest BCUT2D eigenvalue weighted by Crippen LogP contribution is 2.50. The maximum Gasteiger partial charge on any atom is 0.338 e. The number of esters is 4. The van der Waals surface area contributed by atoms with E-state index >= 15 is 0 Å². The van der Waals surface area contributed by atoms with Gasteiger partial charge in [0.25, 0.3) is 0 Å². The van der Waals surface area contributed by atoms with Crippen molar-refractivity contribution in [3.8, 4) is 0 Å². The lowest BCUT2D eigenvalue weighted by molar-refractivity contribution is -0.182. The molecule has 10 nitrogen and oxygen atoms in total.